The Morgan fingerprint density at radius 3 is 2.38 bits per heavy atom. The molecule has 0 aliphatic heterocycles. The number of hydrogen-bond donors (Lipinski definition) is 3. The van der Waals surface area contributed by atoms with Crippen LogP contribution in [0.2, 0.25) is 0 Å². The summed E-state index contributed by atoms with van der Waals surface area (Å²) in [6.07, 6.45) is -0.672. The predicted octanol–water partition coefficient (Wildman–Crippen LogP) is 2.69. The van der Waals surface area contributed by atoms with Crippen LogP contribution < -0.4 is 11.5 Å². The lowest BCUT2D eigenvalue weighted by Gasteiger charge is -2.07. The van der Waals surface area contributed by atoms with Crippen molar-refractivity contribution in [3.05, 3.63) is 41.0 Å². The molecule has 0 aliphatic rings. The zero-order valence-electron chi connectivity index (χ0n) is 14.2. The van der Waals surface area contributed by atoms with Gasteiger partial charge in [0.25, 0.3) is 0 Å². The fourth-order valence-electron chi connectivity index (χ4n) is 2.03. The monoisotopic (exact) mass is 370 g/mol. The van der Waals surface area contributed by atoms with Crippen molar-refractivity contribution in [3.63, 3.8) is 0 Å². The summed E-state index contributed by atoms with van der Waals surface area (Å²) >= 11 is 0. The van der Waals surface area contributed by atoms with Crippen LogP contribution in [-0.2, 0) is 11.0 Å². The van der Waals surface area contributed by atoms with Crippen LogP contribution >= 0.6 is 0 Å². The third-order valence-corrected chi connectivity index (χ3v) is 3.31. The standard InChI is InChI=1S/C17H21F3N4O2/c1-11(9-12-4-6-13(7-5-12)17(18,19)20)10-24-14(15(25)26)3-2-8-23-16(21)22/h4-7,9-10,14H,2-3,8H2,1H3,(H,25,26)(H4,21,22,23)/b11-9+,24-10?. The minimum Gasteiger partial charge on any atom is -0.480 e. The molecule has 0 aromatic heterocycles. The van der Waals surface area contributed by atoms with Crippen LogP contribution in [0.25, 0.3) is 6.08 Å². The van der Waals surface area contributed by atoms with Crippen molar-refractivity contribution < 1.29 is 23.1 Å². The Morgan fingerprint density at radius 1 is 1.27 bits per heavy atom. The summed E-state index contributed by atoms with van der Waals surface area (Å²) < 4.78 is 37.6. The average Bonchev–Trinajstić information content (AvgIpc) is 2.53. The van der Waals surface area contributed by atoms with Gasteiger partial charge in [0, 0.05) is 12.8 Å². The van der Waals surface area contributed by atoms with E-state index in [2.05, 4.69) is 9.98 Å². The summed E-state index contributed by atoms with van der Waals surface area (Å²) in [5.74, 6) is -1.14. The fourth-order valence-corrected chi connectivity index (χ4v) is 2.03. The van der Waals surface area contributed by atoms with E-state index < -0.39 is 23.8 Å². The summed E-state index contributed by atoms with van der Waals surface area (Å²) in [5.41, 5.74) is 10.8. The Balaban J connectivity index is 2.72. The van der Waals surface area contributed by atoms with E-state index in [9.17, 15) is 18.0 Å². The first-order valence-electron chi connectivity index (χ1n) is 7.76. The molecule has 6 nitrogen and oxygen atoms in total. The van der Waals surface area contributed by atoms with Crippen molar-refractivity contribution in [3.8, 4) is 0 Å². The highest BCUT2D eigenvalue weighted by atomic mass is 19.4. The molecule has 0 saturated heterocycles. The van der Waals surface area contributed by atoms with E-state index in [4.69, 9.17) is 16.6 Å². The zero-order valence-corrected chi connectivity index (χ0v) is 14.2. The normalized spacial score (nSPS) is 13.6. The first-order valence-corrected chi connectivity index (χ1v) is 7.76. The average molecular weight is 370 g/mol. The molecule has 26 heavy (non-hydrogen) atoms. The molecular weight excluding hydrogens is 349 g/mol. The minimum absolute atomic E-state index is 0.0595. The molecule has 0 spiro atoms. The number of benzene rings is 1. The van der Waals surface area contributed by atoms with Crippen LogP contribution in [0.5, 0.6) is 0 Å². The summed E-state index contributed by atoms with van der Waals surface area (Å²) in [4.78, 5) is 19.0. The molecule has 0 fully saturated rings. The van der Waals surface area contributed by atoms with E-state index in [1.54, 1.807) is 13.0 Å². The van der Waals surface area contributed by atoms with Gasteiger partial charge < -0.3 is 16.6 Å². The van der Waals surface area contributed by atoms with E-state index in [-0.39, 0.29) is 12.4 Å². The maximum Gasteiger partial charge on any atom is 0.416 e. The Bertz CT molecular complexity index is 691. The third-order valence-electron chi connectivity index (χ3n) is 3.31. The van der Waals surface area contributed by atoms with Crippen molar-refractivity contribution in [2.24, 2.45) is 21.5 Å². The Hall–Kier alpha value is -2.84. The summed E-state index contributed by atoms with van der Waals surface area (Å²) in [6, 6.07) is 3.70. The molecule has 0 aliphatic carbocycles. The van der Waals surface area contributed by atoms with Crippen molar-refractivity contribution >= 4 is 24.2 Å². The maximum absolute atomic E-state index is 12.5. The Kier molecular flexibility index (Phi) is 7.82. The Morgan fingerprint density at radius 2 is 1.88 bits per heavy atom. The molecule has 0 bridgehead atoms. The highest BCUT2D eigenvalue weighted by Crippen LogP contribution is 2.29. The number of aliphatic carboxylic acids is 1. The van der Waals surface area contributed by atoms with Gasteiger partial charge in [0.2, 0.25) is 0 Å². The van der Waals surface area contributed by atoms with Crippen LogP contribution in [0.1, 0.15) is 30.9 Å². The fraction of sp³-hybridized carbons (Fsp3) is 0.353. The van der Waals surface area contributed by atoms with Crippen LogP contribution in [0.15, 0.2) is 39.8 Å². The quantitative estimate of drug-likeness (QED) is 0.371. The van der Waals surface area contributed by atoms with E-state index >= 15 is 0 Å². The number of alkyl halides is 3. The zero-order chi connectivity index (χ0) is 19.7. The number of nitrogens with zero attached hydrogens (tertiary/aromatic N) is 2. The Labute approximate surface area is 149 Å². The topological polar surface area (TPSA) is 114 Å². The molecular formula is C17H21F3N4O2. The number of halogens is 3. The van der Waals surface area contributed by atoms with Gasteiger partial charge in [-0.1, -0.05) is 18.2 Å². The van der Waals surface area contributed by atoms with E-state index in [0.717, 1.165) is 12.1 Å². The second-order valence-electron chi connectivity index (χ2n) is 5.59. The van der Waals surface area contributed by atoms with Gasteiger partial charge in [-0.2, -0.15) is 13.2 Å². The number of aliphatic imine (C=N–C) groups is 2. The lowest BCUT2D eigenvalue weighted by atomic mass is 10.1. The molecule has 0 saturated carbocycles. The smallest absolute Gasteiger partial charge is 0.416 e. The largest absolute Gasteiger partial charge is 0.480 e. The number of carbonyl (C=O) groups is 1. The van der Waals surface area contributed by atoms with Gasteiger partial charge in [0.1, 0.15) is 6.04 Å². The molecule has 1 aromatic rings. The number of carboxylic acids is 1. The van der Waals surface area contributed by atoms with Crippen LogP contribution in [0.3, 0.4) is 0 Å². The SMILES string of the molecule is C/C(C=NC(CCCN=C(N)N)C(=O)O)=C\c1ccc(C(F)(F)F)cc1. The van der Waals surface area contributed by atoms with Crippen molar-refractivity contribution in [1.82, 2.24) is 0 Å². The maximum atomic E-state index is 12.5. The second-order valence-corrected chi connectivity index (χ2v) is 5.59. The predicted molar refractivity (Wildman–Crippen MR) is 94.9 cm³/mol. The molecule has 0 radical (unpaired) electrons. The molecule has 1 rings (SSSR count). The minimum atomic E-state index is -4.38. The van der Waals surface area contributed by atoms with Gasteiger partial charge in [-0.3, -0.25) is 9.98 Å². The van der Waals surface area contributed by atoms with Gasteiger partial charge >= 0.3 is 12.1 Å². The number of nitrogens with two attached hydrogens (primary N) is 2. The van der Waals surface area contributed by atoms with Gasteiger partial charge in [-0.05, 0) is 43.0 Å². The molecule has 0 amide bonds. The van der Waals surface area contributed by atoms with E-state index in [1.807, 2.05) is 0 Å². The first-order chi connectivity index (χ1) is 12.1. The highest BCUT2D eigenvalue weighted by Gasteiger charge is 2.29. The van der Waals surface area contributed by atoms with Crippen molar-refractivity contribution in [2.75, 3.05) is 6.54 Å². The molecule has 142 valence electrons. The molecule has 9 heteroatoms. The van der Waals surface area contributed by atoms with Gasteiger partial charge in [-0.15, -0.1) is 0 Å². The highest BCUT2D eigenvalue weighted by molar-refractivity contribution is 5.87. The summed E-state index contributed by atoms with van der Waals surface area (Å²) in [7, 11) is 0. The third kappa shape index (κ3) is 7.82. The lowest BCUT2D eigenvalue weighted by molar-refractivity contribution is -0.139. The van der Waals surface area contributed by atoms with E-state index in [1.165, 1.54) is 18.3 Å². The number of allylic oxidation sites excluding steroid dienone is 1. The van der Waals surface area contributed by atoms with Crippen molar-refractivity contribution in [1.29, 1.82) is 0 Å². The van der Waals surface area contributed by atoms with Crippen LogP contribution in [-0.4, -0.2) is 35.8 Å². The number of rotatable bonds is 8. The molecule has 1 aromatic carbocycles. The van der Waals surface area contributed by atoms with Gasteiger partial charge in [0.05, 0.1) is 5.56 Å². The molecule has 0 heterocycles. The molecule has 1 unspecified atom stereocenters. The molecule has 5 N–H and O–H groups in total. The van der Waals surface area contributed by atoms with E-state index in [0.29, 0.717) is 24.1 Å². The lowest BCUT2D eigenvalue weighted by Crippen LogP contribution is -2.23. The van der Waals surface area contributed by atoms with Crippen LogP contribution in [0, 0.1) is 0 Å². The summed E-state index contributed by atoms with van der Waals surface area (Å²) in [6.45, 7) is 1.99. The number of carboxylic acid groups (broad SMARTS) is 1. The summed E-state index contributed by atoms with van der Waals surface area (Å²) in [5, 5.41) is 9.17. The van der Waals surface area contributed by atoms with Gasteiger partial charge in [0.15, 0.2) is 5.96 Å². The van der Waals surface area contributed by atoms with Gasteiger partial charge in [-0.25, -0.2) is 4.79 Å². The van der Waals surface area contributed by atoms with Crippen molar-refractivity contribution in [2.45, 2.75) is 32.0 Å². The van der Waals surface area contributed by atoms with Crippen LogP contribution in [0.4, 0.5) is 13.2 Å². The first kappa shape index (κ1) is 21.2. The second kappa shape index (κ2) is 9.59. The number of guanidine groups is 1. The number of hydrogen-bond acceptors (Lipinski definition) is 3. The molecule has 1 atom stereocenters.